The largest absolute Gasteiger partial charge is 0.494 e. The summed E-state index contributed by atoms with van der Waals surface area (Å²) in [7, 11) is 0. The van der Waals surface area contributed by atoms with Gasteiger partial charge < -0.3 is 20.7 Å². The van der Waals surface area contributed by atoms with Crippen LogP contribution in [0.1, 0.15) is 18.6 Å². The fourth-order valence-electron chi connectivity index (χ4n) is 1.27. The molecule has 0 amide bonds. The number of rotatable bonds is 5. The van der Waals surface area contributed by atoms with Gasteiger partial charge >= 0.3 is 5.97 Å². The summed E-state index contributed by atoms with van der Waals surface area (Å²) in [5.41, 5.74) is 5.76. The van der Waals surface area contributed by atoms with E-state index in [4.69, 9.17) is 15.6 Å². The normalized spacial score (nSPS) is 14.2. The number of aliphatic hydroxyl groups excluding tert-OH is 1. The summed E-state index contributed by atoms with van der Waals surface area (Å²) < 4.78 is 5.22. The molecule has 0 saturated carbocycles. The van der Waals surface area contributed by atoms with Crippen molar-refractivity contribution >= 4 is 5.97 Å². The number of aliphatic hydroxyl groups is 1. The average molecular weight is 225 g/mol. The van der Waals surface area contributed by atoms with Crippen LogP contribution in [0.5, 0.6) is 5.75 Å². The third-order valence-corrected chi connectivity index (χ3v) is 2.16. The van der Waals surface area contributed by atoms with Crippen molar-refractivity contribution < 1.29 is 19.7 Å². The van der Waals surface area contributed by atoms with Gasteiger partial charge in [-0.1, -0.05) is 12.1 Å². The minimum Gasteiger partial charge on any atom is -0.494 e. The molecule has 0 aromatic heterocycles. The lowest BCUT2D eigenvalue weighted by Gasteiger charge is -2.15. The third kappa shape index (κ3) is 2.95. The highest BCUT2D eigenvalue weighted by Gasteiger charge is 2.23. The molecule has 0 fully saturated rings. The number of carbonyl (C=O) groups is 1. The number of ether oxygens (including phenoxy) is 1. The van der Waals surface area contributed by atoms with E-state index in [2.05, 4.69) is 0 Å². The molecule has 0 aliphatic heterocycles. The van der Waals surface area contributed by atoms with Crippen molar-refractivity contribution in [1.29, 1.82) is 0 Å². The van der Waals surface area contributed by atoms with E-state index in [1.54, 1.807) is 24.3 Å². The Balaban J connectivity index is 2.77. The highest BCUT2D eigenvalue weighted by atomic mass is 16.5. The molecule has 1 aromatic rings. The maximum Gasteiger partial charge on any atom is 0.323 e. The quantitative estimate of drug-likeness (QED) is 0.679. The number of carboxylic acid groups (broad SMARTS) is 1. The fraction of sp³-hybridized carbons (Fsp3) is 0.364. The standard InChI is InChI=1S/C11H15NO4/c1-2-16-8-5-3-7(4-6-8)10(13)9(12)11(14)15/h3-6,9-10,13H,2,12H2,1H3,(H,14,15). The van der Waals surface area contributed by atoms with Crippen LogP contribution in [0.2, 0.25) is 0 Å². The molecule has 1 aromatic carbocycles. The van der Waals surface area contributed by atoms with Crippen molar-refractivity contribution in [2.45, 2.75) is 19.1 Å². The smallest absolute Gasteiger partial charge is 0.323 e. The molecule has 0 heterocycles. The number of aliphatic carboxylic acids is 1. The van der Waals surface area contributed by atoms with Gasteiger partial charge in [0.15, 0.2) is 0 Å². The molecule has 88 valence electrons. The summed E-state index contributed by atoms with van der Waals surface area (Å²) in [6.45, 7) is 2.42. The van der Waals surface area contributed by atoms with Crippen LogP contribution >= 0.6 is 0 Å². The first-order valence-corrected chi connectivity index (χ1v) is 4.95. The van der Waals surface area contributed by atoms with Gasteiger partial charge in [0.2, 0.25) is 0 Å². The van der Waals surface area contributed by atoms with Gasteiger partial charge in [-0.2, -0.15) is 0 Å². The zero-order valence-electron chi connectivity index (χ0n) is 8.96. The number of hydrogen-bond donors (Lipinski definition) is 3. The minimum absolute atomic E-state index is 0.457. The van der Waals surface area contributed by atoms with Crippen molar-refractivity contribution in [3.05, 3.63) is 29.8 Å². The predicted octanol–water partition coefficient (Wildman–Crippen LogP) is 0.531. The molecule has 0 radical (unpaired) electrons. The van der Waals surface area contributed by atoms with Crippen molar-refractivity contribution in [1.82, 2.24) is 0 Å². The van der Waals surface area contributed by atoms with Gasteiger partial charge in [0.1, 0.15) is 17.9 Å². The van der Waals surface area contributed by atoms with Crippen LogP contribution in [0, 0.1) is 0 Å². The Labute approximate surface area is 93.5 Å². The van der Waals surface area contributed by atoms with Crippen molar-refractivity contribution in [2.24, 2.45) is 5.73 Å². The van der Waals surface area contributed by atoms with E-state index in [0.29, 0.717) is 17.9 Å². The molecule has 2 unspecified atom stereocenters. The van der Waals surface area contributed by atoms with Crippen LogP contribution in [0.3, 0.4) is 0 Å². The Morgan fingerprint density at radius 1 is 1.44 bits per heavy atom. The van der Waals surface area contributed by atoms with E-state index < -0.39 is 18.1 Å². The molecule has 5 nitrogen and oxygen atoms in total. The lowest BCUT2D eigenvalue weighted by Crippen LogP contribution is -2.36. The number of hydrogen-bond acceptors (Lipinski definition) is 4. The van der Waals surface area contributed by atoms with Crippen LogP contribution in [-0.4, -0.2) is 28.8 Å². The van der Waals surface area contributed by atoms with Crippen LogP contribution in [-0.2, 0) is 4.79 Å². The lowest BCUT2D eigenvalue weighted by atomic mass is 10.0. The molecule has 5 heteroatoms. The van der Waals surface area contributed by atoms with Gasteiger partial charge in [-0.05, 0) is 24.6 Å². The van der Waals surface area contributed by atoms with Gasteiger partial charge in [-0.3, -0.25) is 4.79 Å². The predicted molar refractivity (Wildman–Crippen MR) is 58.2 cm³/mol. The van der Waals surface area contributed by atoms with E-state index in [9.17, 15) is 9.90 Å². The number of nitrogens with two attached hydrogens (primary N) is 1. The van der Waals surface area contributed by atoms with E-state index in [1.807, 2.05) is 6.92 Å². The van der Waals surface area contributed by atoms with Gasteiger partial charge in [-0.15, -0.1) is 0 Å². The van der Waals surface area contributed by atoms with Crippen molar-refractivity contribution in [3.63, 3.8) is 0 Å². The average Bonchev–Trinajstić information content (AvgIpc) is 2.28. The van der Waals surface area contributed by atoms with Gasteiger partial charge in [0.25, 0.3) is 0 Å². The maximum atomic E-state index is 10.6. The highest BCUT2D eigenvalue weighted by Crippen LogP contribution is 2.19. The summed E-state index contributed by atoms with van der Waals surface area (Å²) in [6.07, 6.45) is -1.21. The molecule has 0 spiro atoms. The monoisotopic (exact) mass is 225 g/mol. The second-order valence-corrected chi connectivity index (χ2v) is 3.31. The van der Waals surface area contributed by atoms with E-state index in [1.165, 1.54) is 0 Å². The second-order valence-electron chi connectivity index (χ2n) is 3.31. The lowest BCUT2D eigenvalue weighted by molar-refractivity contribution is -0.141. The Kier molecular flexibility index (Phi) is 4.28. The molecule has 4 N–H and O–H groups in total. The summed E-state index contributed by atoms with van der Waals surface area (Å²) in [5, 5.41) is 18.3. The topological polar surface area (TPSA) is 92.8 Å². The van der Waals surface area contributed by atoms with E-state index in [0.717, 1.165) is 0 Å². The zero-order valence-corrected chi connectivity index (χ0v) is 8.96. The first-order valence-electron chi connectivity index (χ1n) is 4.95. The summed E-state index contributed by atoms with van der Waals surface area (Å²) in [6, 6.07) is 5.20. The molecule has 0 aliphatic carbocycles. The summed E-state index contributed by atoms with van der Waals surface area (Å²) in [5.74, 6) is -0.566. The Bertz CT molecular complexity index is 350. The molecule has 0 saturated heterocycles. The van der Waals surface area contributed by atoms with Gasteiger partial charge in [0.05, 0.1) is 6.61 Å². The molecular weight excluding hydrogens is 210 g/mol. The molecule has 0 aliphatic rings. The summed E-state index contributed by atoms with van der Waals surface area (Å²) >= 11 is 0. The SMILES string of the molecule is CCOc1ccc(C(O)C(N)C(=O)O)cc1. The summed E-state index contributed by atoms with van der Waals surface area (Å²) in [4.78, 5) is 10.6. The Morgan fingerprint density at radius 2 is 2.00 bits per heavy atom. The Hall–Kier alpha value is -1.59. The minimum atomic E-state index is -1.32. The number of carboxylic acids is 1. The first kappa shape index (κ1) is 12.5. The van der Waals surface area contributed by atoms with Gasteiger partial charge in [-0.25, -0.2) is 0 Å². The van der Waals surface area contributed by atoms with Crippen molar-refractivity contribution in [2.75, 3.05) is 6.61 Å². The van der Waals surface area contributed by atoms with E-state index in [-0.39, 0.29) is 0 Å². The van der Waals surface area contributed by atoms with Gasteiger partial charge in [0, 0.05) is 0 Å². The molecule has 1 rings (SSSR count). The fourth-order valence-corrected chi connectivity index (χ4v) is 1.27. The van der Waals surface area contributed by atoms with E-state index >= 15 is 0 Å². The number of benzene rings is 1. The third-order valence-electron chi connectivity index (χ3n) is 2.16. The molecule has 16 heavy (non-hydrogen) atoms. The zero-order chi connectivity index (χ0) is 12.1. The Morgan fingerprint density at radius 3 is 2.44 bits per heavy atom. The molecule has 0 bridgehead atoms. The van der Waals surface area contributed by atoms with Crippen LogP contribution in [0.25, 0.3) is 0 Å². The molecular formula is C11H15NO4. The van der Waals surface area contributed by atoms with Crippen LogP contribution in [0.4, 0.5) is 0 Å². The van der Waals surface area contributed by atoms with Crippen LogP contribution < -0.4 is 10.5 Å². The second kappa shape index (κ2) is 5.48. The first-order chi connectivity index (χ1) is 7.56. The van der Waals surface area contributed by atoms with Crippen LogP contribution in [0.15, 0.2) is 24.3 Å². The highest BCUT2D eigenvalue weighted by molar-refractivity contribution is 5.74. The molecule has 2 atom stereocenters. The maximum absolute atomic E-state index is 10.6. The van der Waals surface area contributed by atoms with Crippen molar-refractivity contribution in [3.8, 4) is 5.75 Å².